The molecule has 0 aliphatic carbocycles. The predicted molar refractivity (Wildman–Crippen MR) is 83.9 cm³/mol. The second kappa shape index (κ2) is 5.18. The lowest BCUT2D eigenvalue weighted by atomic mass is 10.2. The molecule has 21 heavy (non-hydrogen) atoms. The third kappa shape index (κ3) is 2.81. The van der Waals surface area contributed by atoms with E-state index in [-0.39, 0.29) is 4.90 Å². The standard InChI is InChI=1S/C15H13ClN2O2S/c16-12-5-3-4-11(8-12)9-18-10-15(21(17,19)20)13-6-1-2-7-14(13)18/h1-8,10H,9H2,(H2,17,19,20). The van der Waals surface area contributed by atoms with E-state index < -0.39 is 10.0 Å². The zero-order chi connectivity index (χ0) is 15.0. The van der Waals surface area contributed by atoms with Crippen LogP contribution in [0.2, 0.25) is 5.02 Å². The summed E-state index contributed by atoms with van der Waals surface area (Å²) in [5.74, 6) is 0. The molecule has 3 aromatic rings. The monoisotopic (exact) mass is 320 g/mol. The molecule has 0 amide bonds. The van der Waals surface area contributed by atoms with Crippen molar-refractivity contribution in [1.29, 1.82) is 0 Å². The first-order chi connectivity index (χ1) is 9.95. The number of nitrogens with zero attached hydrogens (tertiary/aromatic N) is 1. The fraction of sp³-hybridized carbons (Fsp3) is 0.0667. The Kier molecular flexibility index (Phi) is 3.49. The number of hydrogen-bond acceptors (Lipinski definition) is 2. The second-order valence-corrected chi connectivity index (χ2v) is 6.78. The first-order valence-electron chi connectivity index (χ1n) is 6.30. The minimum Gasteiger partial charge on any atom is -0.342 e. The lowest BCUT2D eigenvalue weighted by Crippen LogP contribution is -2.11. The summed E-state index contributed by atoms with van der Waals surface area (Å²) in [6.45, 7) is 0.524. The Hall–Kier alpha value is -1.82. The van der Waals surface area contributed by atoms with Crippen molar-refractivity contribution in [3.63, 3.8) is 0 Å². The number of primary sulfonamides is 1. The Labute approximate surface area is 127 Å². The molecule has 3 rings (SSSR count). The van der Waals surface area contributed by atoms with Crippen LogP contribution in [0.4, 0.5) is 0 Å². The number of nitrogens with two attached hydrogens (primary N) is 1. The van der Waals surface area contributed by atoms with Crippen molar-refractivity contribution in [3.8, 4) is 0 Å². The molecule has 6 heteroatoms. The van der Waals surface area contributed by atoms with Crippen LogP contribution < -0.4 is 5.14 Å². The first-order valence-corrected chi connectivity index (χ1v) is 8.23. The lowest BCUT2D eigenvalue weighted by Gasteiger charge is -2.05. The van der Waals surface area contributed by atoms with Gasteiger partial charge in [-0.1, -0.05) is 41.9 Å². The quantitative estimate of drug-likeness (QED) is 0.806. The van der Waals surface area contributed by atoms with Crippen LogP contribution in [0.5, 0.6) is 0 Å². The van der Waals surface area contributed by atoms with E-state index in [1.165, 1.54) is 0 Å². The minimum atomic E-state index is -3.76. The highest BCUT2D eigenvalue weighted by Gasteiger charge is 2.16. The summed E-state index contributed by atoms with van der Waals surface area (Å²) in [7, 11) is -3.76. The van der Waals surface area contributed by atoms with Gasteiger partial charge in [0.1, 0.15) is 4.90 Å². The van der Waals surface area contributed by atoms with E-state index in [0.29, 0.717) is 17.0 Å². The number of halogens is 1. The summed E-state index contributed by atoms with van der Waals surface area (Å²) >= 11 is 5.98. The number of benzene rings is 2. The van der Waals surface area contributed by atoms with Crippen molar-refractivity contribution in [1.82, 2.24) is 4.57 Å². The summed E-state index contributed by atoms with van der Waals surface area (Å²) < 4.78 is 25.3. The molecule has 0 aliphatic rings. The molecule has 0 unspecified atom stereocenters. The molecule has 0 bridgehead atoms. The molecular weight excluding hydrogens is 308 g/mol. The normalized spacial score (nSPS) is 11.9. The maximum atomic E-state index is 11.7. The van der Waals surface area contributed by atoms with Gasteiger partial charge in [0.15, 0.2) is 0 Å². The molecule has 0 aliphatic heterocycles. The summed E-state index contributed by atoms with van der Waals surface area (Å²) in [6, 6.07) is 14.7. The van der Waals surface area contributed by atoms with Crippen molar-refractivity contribution >= 4 is 32.5 Å². The van der Waals surface area contributed by atoms with Gasteiger partial charge in [-0.2, -0.15) is 0 Å². The number of hydrogen-bond donors (Lipinski definition) is 1. The predicted octanol–water partition coefficient (Wildman–Crippen LogP) is 2.99. The molecular formula is C15H13ClN2O2S. The van der Waals surface area contributed by atoms with Crippen molar-refractivity contribution in [2.45, 2.75) is 11.4 Å². The summed E-state index contributed by atoms with van der Waals surface area (Å²) in [6.07, 6.45) is 1.57. The van der Waals surface area contributed by atoms with Gasteiger partial charge in [0.2, 0.25) is 10.0 Å². The highest BCUT2D eigenvalue weighted by atomic mass is 35.5. The minimum absolute atomic E-state index is 0.139. The molecule has 4 nitrogen and oxygen atoms in total. The van der Waals surface area contributed by atoms with Gasteiger partial charge in [0.25, 0.3) is 0 Å². The summed E-state index contributed by atoms with van der Waals surface area (Å²) in [4.78, 5) is 0.139. The van der Waals surface area contributed by atoms with Gasteiger partial charge in [0.05, 0.1) is 0 Å². The van der Waals surface area contributed by atoms with Crippen LogP contribution in [0.3, 0.4) is 0 Å². The van der Waals surface area contributed by atoms with E-state index in [1.807, 2.05) is 34.9 Å². The Morgan fingerprint density at radius 2 is 1.86 bits per heavy atom. The summed E-state index contributed by atoms with van der Waals surface area (Å²) in [5.41, 5.74) is 1.81. The fourth-order valence-electron chi connectivity index (χ4n) is 2.40. The third-order valence-electron chi connectivity index (χ3n) is 3.30. The Morgan fingerprint density at radius 3 is 2.57 bits per heavy atom. The van der Waals surface area contributed by atoms with Gasteiger partial charge < -0.3 is 4.57 Å². The molecule has 0 fully saturated rings. The second-order valence-electron chi connectivity index (χ2n) is 4.81. The molecule has 0 saturated carbocycles. The number of rotatable bonds is 3. The van der Waals surface area contributed by atoms with Crippen molar-refractivity contribution in [2.75, 3.05) is 0 Å². The molecule has 1 aromatic heterocycles. The molecule has 0 radical (unpaired) electrons. The summed E-state index contributed by atoms with van der Waals surface area (Å²) in [5, 5.41) is 6.57. The number of aromatic nitrogens is 1. The SMILES string of the molecule is NS(=O)(=O)c1cn(Cc2cccc(Cl)c2)c2ccccc12. The zero-order valence-corrected chi connectivity index (χ0v) is 12.6. The average Bonchev–Trinajstić information content (AvgIpc) is 2.78. The van der Waals surface area contributed by atoms with Crippen LogP contribution in [0, 0.1) is 0 Å². The van der Waals surface area contributed by atoms with Gasteiger partial charge in [-0.25, -0.2) is 13.6 Å². The van der Waals surface area contributed by atoms with Crippen molar-refractivity contribution in [3.05, 3.63) is 65.3 Å². The Bertz CT molecular complexity index is 916. The Morgan fingerprint density at radius 1 is 1.10 bits per heavy atom. The molecule has 2 aromatic carbocycles. The topological polar surface area (TPSA) is 65.1 Å². The van der Waals surface area contributed by atoms with Gasteiger partial charge >= 0.3 is 0 Å². The van der Waals surface area contributed by atoms with Gasteiger partial charge in [-0.05, 0) is 23.8 Å². The first kappa shape index (κ1) is 14.1. The zero-order valence-electron chi connectivity index (χ0n) is 11.0. The maximum absolute atomic E-state index is 11.7. The van der Waals surface area contributed by atoms with E-state index in [4.69, 9.17) is 16.7 Å². The van der Waals surface area contributed by atoms with Crippen LogP contribution in [0.15, 0.2) is 59.6 Å². The van der Waals surface area contributed by atoms with E-state index in [9.17, 15) is 8.42 Å². The molecule has 0 saturated heterocycles. The molecule has 2 N–H and O–H groups in total. The highest BCUT2D eigenvalue weighted by molar-refractivity contribution is 7.89. The molecule has 1 heterocycles. The fourth-order valence-corrected chi connectivity index (χ4v) is 3.37. The molecule has 0 atom stereocenters. The van der Waals surface area contributed by atoms with Gasteiger partial charge in [-0.3, -0.25) is 0 Å². The highest BCUT2D eigenvalue weighted by Crippen LogP contribution is 2.25. The van der Waals surface area contributed by atoms with Crippen LogP contribution in [0.25, 0.3) is 10.9 Å². The molecule has 108 valence electrons. The maximum Gasteiger partial charge on any atom is 0.240 e. The van der Waals surface area contributed by atoms with Crippen LogP contribution in [-0.4, -0.2) is 13.0 Å². The number of fused-ring (bicyclic) bond motifs is 1. The smallest absolute Gasteiger partial charge is 0.240 e. The van der Waals surface area contributed by atoms with E-state index in [2.05, 4.69) is 0 Å². The average molecular weight is 321 g/mol. The van der Waals surface area contributed by atoms with Crippen LogP contribution in [0.1, 0.15) is 5.56 Å². The number of sulfonamides is 1. The largest absolute Gasteiger partial charge is 0.342 e. The molecule has 0 spiro atoms. The number of para-hydroxylation sites is 1. The Balaban J connectivity index is 2.15. The van der Waals surface area contributed by atoms with Crippen LogP contribution in [-0.2, 0) is 16.6 Å². The van der Waals surface area contributed by atoms with E-state index in [0.717, 1.165) is 11.1 Å². The lowest BCUT2D eigenvalue weighted by molar-refractivity contribution is 0.598. The van der Waals surface area contributed by atoms with Crippen LogP contribution >= 0.6 is 11.6 Å². The van der Waals surface area contributed by atoms with E-state index in [1.54, 1.807) is 24.4 Å². The van der Waals surface area contributed by atoms with Crippen molar-refractivity contribution < 1.29 is 8.42 Å². The van der Waals surface area contributed by atoms with Crippen molar-refractivity contribution in [2.24, 2.45) is 5.14 Å². The third-order valence-corrected chi connectivity index (χ3v) is 4.47. The van der Waals surface area contributed by atoms with Gasteiger partial charge in [-0.15, -0.1) is 0 Å². The van der Waals surface area contributed by atoms with Gasteiger partial charge in [0, 0.05) is 28.7 Å². The van der Waals surface area contributed by atoms with E-state index >= 15 is 0 Å².